The molecule has 0 N–H and O–H groups in total. The molecule has 0 fully saturated rings. The summed E-state index contributed by atoms with van der Waals surface area (Å²) in [6.45, 7) is 12.1. The Bertz CT molecular complexity index is 456. The molecule has 0 unspecified atom stereocenters. The highest BCUT2D eigenvalue weighted by Crippen LogP contribution is 2.58. The molecule has 1 nitrogen and oxygen atoms in total. The van der Waals surface area contributed by atoms with E-state index in [1.54, 1.807) is 0 Å². The predicted octanol–water partition coefficient (Wildman–Crippen LogP) is 5.59. The number of hydrogen-bond acceptors (Lipinski definition) is 1. The summed E-state index contributed by atoms with van der Waals surface area (Å²) in [5.41, 5.74) is 3.06. The molecule has 2 rings (SSSR count). The van der Waals surface area contributed by atoms with Crippen LogP contribution < -0.4 is 0 Å². The molecule has 106 valence electrons. The molecule has 2 aliphatic carbocycles. The van der Waals surface area contributed by atoms with Gasteiger partial charge in [0.15, 0.2) is 0 Å². The van der Waals surface area contributed by atoms with E-state index < -0.39 is 0 Å². The van der Waals surface area contributed by atoms with Crippen LogP contribution in [0, 0.1) is 17.3 Å². The predicted molar refractivity (Wildman–Crippen MR) is 85.1 cm³/mol. The van der Waals surface area contributed by atoms with E-state index in [9.17, 15) is 0 Å². The smallest absolute Gasteiger partial charge is 0.133 e. The molecule has 0 bridgehead atoms. The average Bonchev–Trinajstić information content (AvgIpc) is 2.43. The molecule has 0 radical (unpaired) electrons. The number of fused-ring (bicyclic) bond motifs is 1. The Kier molecular flexibility index (Phi) is 4.29. The van der Waals surface area contributed by atoms with Gasteiger partial charge in [0, 0.05) is 21.4 Å². The highest BCUT2D eigenvalue weighted by Gasteiger charge is 2.49. The molecule has 0 spiro atoms. The SMILES string of the molecule is CCOC1=C(Br)[C@H](C(C)C)[C@@]2(C)CCC(C)=CC=C12. The van der Waals surface area contributed by atoms with Crippen molar-refractivity contribution in [2.24, 2.45) is 17.3 Å². The number of allylic oxidation sites excluding steroid dienone is 5. The maximum absolute atomic E-state index is 5.96. The Morgan fingerprint density at radius 3 is 2.68 bits per heavy atom. The van der Waals surface area contributed by atoms with Gasteiger partial charge in [0.2, 0.25) is 0 Å². The third-order valence-corrected chi connectivity index (χ3v) is 5.42. The fourth-order valence-electron chi connectivity index (χ4n) is 3.62. The zero-order valence-corrected chi connectivity index (χ0v) is 14.3. The zero-order valence-electron chi connectivity index (χ0n) is 12.7. The third-order valence-electron chi connectivity index (χ3n) is 4.56. The first kappa shape index (κ1) is 14.9. The summed E-state index contributed by atoms with van der Waals surface area (Å²) in [4.78, 5) is 0. The van der Waals surface area contributed by atoms with E-state index in [0.29, 0.717) is 11.8 Å². The number of ether oxygens (including phenoxy) is 1. The molecule has 19 heavy (non-hydrogen) atoms. The fraction of sp³-hybridized carbons (Fsp3) is 0.647. The minimum absolute atomic E-state index is 0.200. The van der Waals surface area contributed by atoms with Gasteiger partial charge in [-0.15, -0.1) is 0 Å². The van der Waals surface area contributed by atoms with Crippen LogP contribution in [0.4, 0.5) is 0 Å². The highest BCUT2D eigenvalue weighted by molar-refractivity contribution is 9.11. The van der Waals surface area contributed by atoms with Crippen LogP contribution in [0.2, 0.25) is 0 Å². The van der Waals surface area contributed by atoms with Crippen LogP contribution in [0.5, 0.6) is 0 Å². The van der Waals surface area contributed by atoms with Gasteiger partial charge in [-0.3, -0.25) is 0 Å². The van der Waals surface area contributed by atoms with E-state index in [0.717, 1.165) is 12.4 Å². The molecule has 2 heteroatoms. The Labute approximate surface area is 125 Å². The third kappa shape index (κ3) is 2.44. The quantitative estimate of drug-likeness (QED) is 0.657. The lowest BCUT2D eigenvalue weighted by Crippen LogP contribution is -2.29. The Balaban J connectivity index is 2.52. The second-order valence-electron chi connectivity index (χ2n) is 6.34. The number of halogens is 1. The van der Waals surface area contributed by atoms with E-state index in [2.05, 4.69) is 62.7 Å². The maximum Gasteiger partial charge on any atom is 0.133 e. The largest absolute Gasteiger partial charge is 0.493 e. The molecule has 0 aromatic heterocycles. The Hall–Kier alpha value is -0.500. The molecule has 2 aliphatic rings. The average molecular weight is 325 g/mol. The molecule has 0 aromatic carbocycles. The molecular formula is C17H25BrO. The normalized spacial score (nSPS) is 31.0. The molecule has 0 aromatic rings. The van der Waals surface area contributed by atoms with Crippen LogP contribution in [0.1, 0.15) is 47.5 Å². The van der Waals surface area contributed by atoms with Crippen molar-refractivity contribution >= 4 is 15.9 Å². The van der Waals surface area contributed by atoms with Gasteiger partial charge in [0.05, 0.1) is 6.61 Å². The van der Waals surface area contributed by atoms with Gasteiger partial charge in [0.1, 0.15) is 5.76 Å². The molecule has 2 atom stereocenters. The van der Waals surface area contributed by atoms with Gasteiger partial charge < -0.3 is 4.74 Å². The second kappa shape index (κ2) is 5.47. The van der Waals surface area contributed by atoms with Crippen LogP contribution >= 0.6 is 15.9 Å². The summed E-state index contributed by atoms with van der Waals surface area (Å²) in [6, 6.07) is 0. The van der Waals surface area contributed by atoms with Gasteiger partial charge in [0.25, 0.3) is 0 Å². The summed E-state index contributed by atoms with van der Waals surface area (Å²) in [7, 11) is 0. The maximum atomic E-state index is 5.96. The first-order valence-electron chi connectivity index (χ1n) is 7.32. The topological polar surface area (TPSA) is 9.23 Å². The van der Waals surface area contributed by atoms with Gasteiger partial charge in [-0.05, 0) is 32.6 Å². The Morgan fingerprint density at radius 2 is 2.11 bits per heavy atom. The Morgan fingerprint density at radius 1 is 1.42 bits per heavy atom. The van der Waals surface area contributed by atoms with Crippen molar-refractivity contribution in [2.45, 2.75) is 47.5 Å². The summed E-state index contributed by atoms with van der Waals surface area (Å²) in [6.07, 6.45) is 6.94. The first-order chi connectivity index (χ1) is 8.91. The summed E-state index contributed by atoms with van der Waals surface area (Å²) in [5, 5.41) is 0. The molecule has 0 aliphatic heterocycles. The van der Waals surface area contributed by atoms with Crippen molar-refractivity contribution < 1.29 is 4.74 Å². The van der Waals surface area contributed by atoms with E-state index in [4.69, 9.17) is 4.74 Å². The van der Waals surface area contributed by atoms with Crippen LogP contribution in [0.3, 0.4) is 0 Å². The molecule has 0 saturated heterocycles. The van der Waals surface area contributed by atoms with Crippen molar-refractivity contribution in [3.63, 3.8) is 0 Å². The van der Waals surface area contributed by atoms with Crippen molar-refractivity contribution in [1.82, 2.24) is 0 Å². The minimum Gasteiger partial charge on any atom is -0.493 e. The van der Waals surface area contributed by atoms with E-state index in [-0.39, 0.29) is 5.41 Å². The second-order valence-corrected chi connectivity index (χ2v) is 7.20. The van der Waals surface area contributed by atoms with E-state index in [1.807, 2.05) is 0 Å². The van der Waals surface area contributed by atoms with Crippen LogP contribution in [0.15, 0.2) is 33.5 Å². The van der Waals surface area contributed by atoms with Crippen molar-refractivity contribution in [3.05, 3.63) is 33.5 Å². The van der Waals surface area contributed by atoms with Crippen LogP contribution in [-0.2, 0) is 4.74 Å². The van der Waals surface area contributed by atoms with Gasteiger partial charge in [-0.1, -0.05) is 54.4 Å². The van der Waals surface area contributed by atoms with Gasteiger partial charge in [-0.25, -0.2) is 0 Å². The molecule has 0 saturated carbocycles. The molecule has 0 heterocycles. The fourth-order valence-corrected chi connectivity index (χ4v) is 4.98. The van der Waals surface area contributed by atoms with Crippen molar-refractivity contribution in [1.29, 1.82) is 0 Å². The number of rotatable bonds is 3. The summed E-state index contributed by atoms with van der Waals surface area (Å²) >= 11 is 3.83. The zero-order chi connectivity index (χ0) is 14.2. The summed E-state index contributed by atoms with van der Waals surface area (Å²) < 4.78 is 7.23. The lowest BCUT2D eigenvalue weighted by molar-refractivity contribution is 0.210. The van der Waals surface area contributed by atoms with Gasteiger partial charge in [-0.2, -0.15) is 0 Å². The summed E-state index contributed by atoms with van der Waals surface area (Å²) in [5.74, 6) is 2.23. The number of hydrogen-bond donors (Lipinski definition) is 0. The highest BCUT2D eigenvalue weighted by atomic mass is 79.9. The monoisotopic (exact) mass is 324 g/mol. The molecule has 0 amide bonds. The van der Waals surface area contributed by atoms with Crippen molar-refractivity contribution in [2.75, 3.05) is 6.61 Å². The van der Waals surface area contributed by atoms with Crippen LogP contribution in [-0.4, -0.2) is 6.61 Å². The van der Waals surface area contributed by atoms with Crippen molar-refractivity contribution in [3.8, 4) is 0 Å². The lowest BCUT2D eigenvalue weighted by atomic mass is 9.68. The molecular weight excluding hydrogens is 300 g/mol. The lowest BCUT2D eigenvalue weighted by Gasteiger charge is -2.35. The first-order valence-corrected chi connectivity index (χ1v) is 8.12. The van der Waals surface area contributed by atoms with Gasteiger partial charge >= 0.3 is 0 Å². The van der Waals surface area contributed by atoms with Crippen LogP contribution in [0.25, 0.3) is 0 Å². The minimum atomic E-state index is 0.200. The van der Waals surface area contributed by atoms with E-state index >= 15 is 0 Å². The van der Waals surface area contributed by atoms with E-state index in [1.165, 1.54) is 28.5 Å². The standard InChI is InChI=1S/C17H25BrO/c1-6-19-16-13-8-7-12(4)9-10-17(13,5)14(11(2)3)15(16)18/h7-8,11,14H,6,9-10H2,1-5H3/t14-,17-/m0/s1.